The Bertz CT molecular complexity index is 606. The molecule has 3 heteroatoms. The summed E-state index contributed by atoms with van der Waals surface area (Å²) in [5.41, 5.74) is 1.91. The Labute approximate surface area is 145 Å². The second kappa shape index (κ2) is 5.18. The predicted molar refractivity (Wildman–Crippen MR) is 94.3 cm³/mol. The van der Waals surface area contributed by atoms with Gasteiger partial charge in [-0.2, -0.15) is 0 Å². The van der Waals surface area contributed by atoms with Crippen molar-refractivity contribution in [3.8, 4) is 0 Å². The molecule has 0 aromatic rings. The van der Waals surface area contributed by atoms with Crippen LogP contribution in [0.4, 0.5) is 0 Å². The normalized spacial score (nSPS) is 51.8. The van der Waals surface area contributed by atoms with Crippen LogP contribution in [0.1, 0.15) is 65.7 Å². The molecule has 7 atom stereocenters. The van der Waals surface area contributed by atoms with Crippen molar-refractivity contribution < 1.29 is 15.3 Å². The fourth-order valence-electron chi connectivity index (χ4n) is 6.72. The summed E-state index contributed by atoms with van der Waals surface area (Å²) in [5, 5.41) is 31.5. The van der Waals surface area contributed by atoms with Crippen molar-refractivity contribution >= 4 is 0 Å². The molecular formula is C21H32O3. The van der Waals surface area contributed by atoms with E-state index in [0.29, 0.717) is 18.3 Å². The second-order valence-corrected chi connectivity index (χ2v) is 9.37. The van der Waals surface area contributed by atoms with Crippen LogP contribution in [0, 0.1) is 22.7 Å². The van der Waals surface area contributed by atoms with Crippen molar-refractivity contribution in [1.29, 1.82) is 0 Å². The van der Waals surface area contributed by atoms with Crippen molar-refractivity contribution in [3.63, 3.8) is 0 Å². The van der Waals surface area contributed by atoms with E-state index in [4.69, 9.17) is 0 Å². The molecule has 3 saturated carbocycles. The number of aliphatic hydroxyl groups is 3. The largest absolute Gasteiger partial charge is 0.393 e. The Morgan fingerprint density at radius 2 is 1.75 bits per heavy atom. The van der Waals surface area contributed by atoms with Crippen molar-refractivity contribution in [3.05, 3.63) is 23.3 Å². The zero-order valence-electron chi connectivity index (χ0n) is 15.3. The standard InChI is InChI=1S/C21H32O3/c1-13(22)21(24)11-8-18-16-5-4-14-12-15(23)6-9-19(14,2)17(16)7-10-20(18,21)3/h4-5,13,15,17-18,22-24H,6-12H2,1-3H3/t13-,15+,17-,18+,19-,20+,21+/m1/s1. The highest BCUT2D eigenvalue weighted by Gasteiger charge is 2.63. The van der Waals surface area contributed by atoms with E-state index in [1.54, 1.807) is 6.92 Å². The first-order chi connectivity index (χ1) is 11.2. The van der Waals surface area contributed by atoms with Crippen LogP contribution in [0.5, 0.6) is 0 Å². The summed E-state index contributed by atoms with van der Waals surface area (Å²) in [6.45, 7) is 6.33. The SMILES string of the molecule is C[C@@H](O)[C@@]1(O)CC[C@H]2C3=CC=C4C[C@@H](O)CC[C@@]4(C)[C@@H]3CC[C@@]21C. The molecule has 3 fully saturated rings. The molecule has 0 bridgehead atoms. The third kappa shape index (κ3) is 1.95. The average Bonchev–Trinajstić information content (AvgIpc) is 2.81. The first-order valence-corrected chi connectivity index (χ1v) is 9.72. The molecule has 134 valence electrons. The lowest BCUT2D eigenvalue weighted by atomic mass is 9.49. The van der Waals surface area contributed by atoms with Gasteiger partial charge in [-0.3, -0.25) is 0 Å². The summed E-state index contributed by atoms with van der Waals surface area (Å²) in [5.74, 6) is 0.914. The van der Waals surface area contributed by atoms with Gasteiger partial charge < -0.3 is 15.3 Å². The van der Waals surface area contributed by atoms with Crippen LogP contribution in [0.3, 0.4) is 0 Å². The zero-order valence-corrected chi connectivity index (χ0v) is 15.3. The highest BCUT2D eigenvalue weighted by atomic mass is 16.3. The molecule has 0 saturated heterocycles. The molecule has 0 spiro atoms. The molecule has 0 aromatic carbocycles. The molecule has 4 aliphatic carbocycles. The maximum absolute atomic E-state index is 11.2. The molecule has 4 rings (SSSR count). The molecule has 0 aliphatic heterocycles. The summed E-state index contributed by atoms with van der Waals surface area (Å²) in [6.07, 6.45) is 10.2. The lowest BCUT2D eigenvalue weighted by Gasteiger charge is -2.56. The lowest BCUT2D eigenvalue weighted by Crippen LogP contribution is -2.56. The van der Waals surface area contributed by atoms with Crippen LogP contribution >= 0.6 is 0 Å². The fraction of sp³-hybridized carbons (Fsp3) is 0.810. The van der Waals surface area contributed by atoms with Crippen LogP contribution in [0.25, 0.3) is 0 Å². The van der Waals surface area contributed by atoms with Crippen molar-refractivity contribution in [1.82, 2.24) is 0 Å². The minimum Gasteiger partial charge on any atom is -0.393 e. The predicted octanol–water partition coefficient (Wildman–Crippen LogP) is 3.34. The summed E-state index contributed by atoms with van der Waals surface area (Å²) in [7, 11) is 0. The van der Waals surface area contributed by atoms with Gasteiger partial charge in [0.15, 0.2) is 0 Å². The summed E-state index contributed by atoms with van der Waals surface area (Å²) in [4.78, 5) is 0. The Morgan fingerprint density at radius 3 is 2.46 bits per heavy atom. The average molecular weight is 332 g/mol. The zero-order chi connectivity index (χ0) is 17.3. The minimum absolute atomic E-state index is 0.177. The minimum atomic E-state index is -0.961. The van der Waals surface area contributed by atoms with E-state index < -0.39 is 11.7 Å². The van der Waals surface area contributed by atoms with E-state index in [1.165, 1.54) is 11.1 Å². The smallest absolute Gasteiger partial charge is 0.0961 e. The van der Waals surface area contributed by atoms with E-state index >= 15 is 0 Å². The first kappa shape index (κ1) is 16.8. The van der Waals surface area contributed by atoms with Crippen LogP contribution in [-0.2, 0) is 0 Å². The van der Waals surface area contributed by atoms with Gasteiger partial charge in [-0.1, -0.05) is 37.1 Å². The van der Waals surface area contributed by atoms with E-state index in [-0.39, 0.29) is 16.9 Å². The number of hydrogen-bond acceptors (Lipinski definition) is 3. The lowest BCUT2D eigenvalue weighted by molar-refractivity contribution is -0.148. The topological polar surface area (TPSA) is 60.7 Å². The Balaban J connectivity index is 1.74. The van der Waals surface area contributed by atoms with E-state index in [9.17, 15) is 15.3 Å². The van der Waals surface area contributed by atoms with Gasteiger partial charge in [-0.25, -0.2) is 0 Å². The molecule has 0 heterocycles. The maximum atomic E-state index is 11.2. The van der Waals surface area contributed by atoms with Crippen molar-refractivity contribution in [2.45, 2.75) is 83.5 Å². The Kier molecular flexibility index (Phi) is 3.63. The van der Waals surface area contributed by atoms with Gasteiger partial charge in [-0.15, -0.1) is 0 Å². The summed E-state index contributed by atoms with van der Waals surface area (Å²) >= 11 is 0. The molecule has 4 aliphatic rings. The summed E-state index contributed by atoms with van der Waals surface area (Å²) in [6, 6.07) is 0. The third-order valence-corrected chi connectivity index (χ3v) is 8.45. The monoisotopic (exact) mass is 332 g/mol. The van der Waals surface area contributed by atoms with Gasteiger partial charge in [0.25, 0.3) is 0 Å². The van der Waals surface area contributed by atoms with Gasteiger partial charge in [0.2, 0.25) is 0 Å². The van der Waals surface area contributed by atoms with Gasteiger partial charge in [0, 0.05) is 5.41 Å². The van der Waals surface area contributed by atoms with Crippen LogP contribution in [0.15, 0.2) is 23.3 Å². The molecule has 3 nitrogen and oxygen atoms in total. The maximum Gasteiger partial charge on any atom is 0.0961 e. The van der Waals surface area contributed by atoms with Crippen molar-refractivity contribution in [2.24, 2.45) is 22.7 Å². The quantitative estimate of drug-likeness (QED) is 0.690. The van der Waals surface area contributed by atoms with Gasteiger partial charge in [-0.05, 0) is 69.1 Å². The number of allylic oxidation sites excluding steroid dienone is 3. The number of fused-ring (bicyclic) bond motifs is 5. The molecule has 24 heavy (non-hydrogen) atoms. The Morgan fingerprint density at radius 1 is 1.04 bits per heavy atom. The Hall–Kier alpha value is -0.640. The van der Waals surface area contributed by atoms with E-state index in [2.05, 4.69) is 26.0 Å². The second-order valence-electron chi connectivity index (χ2n) is 9.37. The molecular weight excluding hydrogens is 300 g/mol. The number of hydrogen-bond donors (Lipinski definition) is 3. The first-order valence-electron chi connectivity index (χ1n) is 9.72. The highest BCUT2D eigenvalue weighted by Crippen LogP contribution is 2.66. The van der Waals surface area contributed by atoms with E-state index in [0.717, 1.165) is 38.5 Å². The highest BCUT2D eigenvalue weighted by molar-refractivity contribution is 5.39. The summed E-state index contributed by atoms with van der Waals surface area (Å²) < 4.78 is 0. The van der Waals surface area contributed by atoms with Crippen LogP contribution in [0.2, 0.25) is 0 Å². The van der Waals surface area contributed by atoms with Gasteiger partial charge in [0.1, 0.15) is 0 Å². The van der Waals surface area contributed by atoms with Crippen LogP contribution < -0.4 is 0 Å². The fourth-order valence-corrected chi connectivity index (χ4v) is 6.72. The molecule has 0 aromatic heterocycles. The molecule has 0 unspecified atom stereocenters. The van der Waals surface area contributed by atoms with Gasteiger partial charge >= 0.3 is 0 Å². The molecule has 3 N–H and O–H groups in total. The molecule has 0 radical (unpaired) electrons. The van der Waals surface area contributed by atoms with Crippen LogP contribution in [-0.4, -0.2) is 33.1 Å². The third-order valence-electron chi connectivity index (χ3n) is 8.45. The van der Waals surface area contributed by atoms with Crippen molar-refractivity contribution in [2.75, 3.05) is 0 Å². The van der Waals surface area contributed by atoms with Gasteiger partial charge in [0.05, 0.1) is 17.8 Å². The number of rotatable bonds is 1. The number of aliphatic hydroxyl groups excluding tert-OH is 2. The van der Waals surface area contributed by atoms with E-state index in [1.807, 2.05) is 0 Å². The molecule has 0 amide bonds.